The molecule has 1 saturated heterocycles. The summed E-state index contributed by atoms with van der Waals surface area (Å²) in [5.41, 5.74) is 1.49. The summed E-state index contributed by atoms with van der Waals surface area (Å²) in [5, 5.41) is 9.08. The summed E-state index contributed by atoms with van der Waals surface area (Å²) in [6.45, 7) is 0. The average molecular weight is 341 g/mol. The molecule has 0 aliphatic carbocycles. The van der Waals surface area contributed by atoms with Crippen molar-refractivity contribution in [3.05, 3.63) is 70.6 Å². The largest absolute Gasteiger partial charge is 0.478 e. The van der Waals surface area contributed by atoms with Crippen molar-refractivity contribution < 1.29 is 14.7 Å². The number of amides is 1. The number of aromatic carboxylic acids is 1. The Bertz CT molecular complexity index is 831. The van der Waals surface area contributed by atoms with Gasteiger partial charge in [-0.15, -0.1) is 0 Å². The van der Waals surface area contributed by atoms with Crippen LogP contribution < -0.4 is 4.90 Å². The molecule has 114 valence electrons. The smallest absolute Gasteiger partial charge is 0.335 e. The molecule has 0 unspecified atom stereocenters. The van der Waals surface area contributed by atoms with Crippen LogP contribution >= 0.6 is 24.0 Å². The molecule has 1 aliphatic rings. The van der Waals surface area contributed by atoms with Crippen LogP contribution in [0.1, 0.15) is 15.9 Å². The minimum absolute atomic E-state index is 0.114. The van der Waals surface area contributed by atoms with E-state index in [1.165, 1.54) is 28.8 Å². The molecule has 1 N–H and O–H groups in total. The standard InChI is InChI=1S/C17H11NO3S2/c19-15-14(9-11-5-2-1-3-6-11)23-17(22)18(15)13-8-4-7-12(10-13)16(20)21/h1-10H,(H,20,21)/b14-9-. The van der Waals surface area contributed by atoms with Gasteiger partial charge >= 0.3 is 5.97 Å². The Morgan fingerprint density at radius 1 is 1.13 bits per heavy atom. The molecule has 1 aliphatic heterocycles. The third-order valence-corrected chi connectivity index (χ3v) is 4.54. The van der Waals surface area contributed by atoms with Gasteiger partial charge in [0.15, 0.2) is 4.32 Å². The van der Waals surface area contributed by atoms with Crippen molar-refractivity contribution >= 4 is 51.9 Å². The van der Waals surface area contributed by atoms with Gasteiger partial charge in [-0.25, -0.2) is 4.79 Å². The Kier molecular flexibility index (Phi) is 4.27. The lowest BCUT2D eigenvalue weighted by Gasteiger charge is -2.14. The van der Waals surface area contributed by atoms with Gasteiger partial charge in [-0.1, -0.05) is 60.4 Å². The summed E-state index contributed by atoms with van der Waals surface area (Å²) < 4.78 is 0.389. The monoisotopic (exact) mass is 341 g/mol. The number of hydrogen-bond acceptors (Lipinski definition) is 4. The summed E-state index contributed by atoms with van der Waals surface area (Å²) in [6.07, 6.45) is 1.78. The minimum Gasteiger partial charge on any atom is -0.478 e. The van der Waals surface area contributed by atoms with E-state index in [0.29, 0.717) is 14.9 Å². The summed E-state index contributed by atoms with van der Waals surface area (Å²) in [7, 11) is 0. The molecule has 0 radical (unpaired) electrons. The van der Waals surface area contributed by atoms with E-state index in [1.807, 2.05) is 30.3 Å². The van der Waals surface area contributed by atoms with Gasteiger partial charge in [0.05, 0.1) is 16.2 Å². The molecule has 0 spiro atoms. The Balaban J connectivity index is 1.95. The molecule has 0 bridgehead atoms. The van der Waals surface area contributed by atoms with Gasteiger partial charge in [-0.2, -0.15) is 0 Å². The highest BCUT2D eigenvalue weighted by Gasteiger charge is 2.33. The van der Waals surface area contributed by atoms with Crippen LogP contribution in [0.25, 0.3) is 6.08 Å². The summed E-state index contributed by atoms with van der Waals surface area (Å²) in [4.78, 5) is 25.6. The van der Waals surface area contributed by atoms with Crippen molar-refractivity contribution in [2.45, 2.75) is 0 Å². The first kappa shape index (κ1) is 15.5. The van der Waals surface area contributed by atoms with Crippen molar-refractivity contribution in [3.8, 4) is 0 Å². The third kappa shape index (κ3) is 3.18. The number of carboxylic acid groups (broad SMARTS) is 1. The van der Waals surface area contributed by atoms with E-state index in [2.05, 4.69) is 0 Å². The second-order valence-electron chi connectivity index (χ2n) is 4.78. The molecule has 1 fully saturated rings. The van der Waals surface area contributed by atoms with Crippen LogP contribution in [0.3, 0.4) is 0 Å². The van der Waals surface area contributed by atoms with E-state index in [0.717, 1.165) is 5.56 Å². The molecule has 6 heteroatoms. The maximum absolute atomic E-state index is 12.6. The first-order chi connectivity index (χ1) is 11.1. The number of carbonyl (C=O) groups is 2. The van der Waals surface area contributed by atoms with Gasteiger partial charge in [0.2, 0.25) is 0 Å². The number of benzene rings is 2. The van der Waals surface area contributed by atoms with E-state index >= 15 is 0 Å². The van der Waals surface area contributed by atoms with Crippen LogP contribution in [0.5, 0.6) is 0 Å². The molecular weight excluding hydrogens is 330 g/mol. The van der Waals surface area contributed by atoms with Crippen LogP contribution in [-0.4, -0.2) is 21.3 Å². The summed E-state index contributed by atoms with van der Waals surface area (Å²) in [5.74, 6) is -1.29. The van der Waals surface area contributed by atoms with E-state index in [9.17, 15) is 9.59 Å². The Hall–Kier alpha value is -2.44. The zero-order valence-corrected chi connectivity index (χ0v) is 13.4. The highest BCUT2D eigenvalue weighted by Crippen LogP contribution is 2.36. The van der Waals surface area contributed by atoms with Crippen molar-refractivity contribution in [2.75, 3.05) is 4.90 Å². The van der Waals surface area contributed by atoms with Crippen LogP contribution in [0.4, 0.5) is 5.69 Å². The zero-order chi connectivity index (χ0) is 16.4. The van der Waals surface area contributed by atoms with Gasteiger partial charge in [0.1, 0.15) is 0 Å². The molecule has 2 aromatic carbocycles. The van der Waals surface area contributed by atoms with Crippen molar-refractivity contribution in [3.63, 3.8) is 0 Å². The Morgan fingerprint density at radius 3 is 2.57 bits per heavy atom. The first-order valence-electron chi connectivity index (χ1n) is 6.72. The number of rotatable bonds is 3. The van der Waals surface area contributed by atoms with Crippen LogP contribution in [-0.2, 0) is 4.79 Å². The van der Waals surface area contributed by atoms with Gasteiger partial charge in [-0.3, -0.25) is 9.69 Å². The molecule has 0 atom stereocenters. The maximum Gasteiger partial charge on any atom is 0.335 e. The normalized spacial score (nSPS) is 16.2. The lowest BCUT2D eigenvalue weighted by molar-refractivity contribution is -0.113. The second-order valence-corrected chi connectivity index (χ2v) is 6.46. The van der Waals surface area contributed by atoms with E-state index in [-0.39, 0.29) is 11.5 Å². The topological polar surface area (TPSA) is 57.6 Å². The van der Waals surface area contributed by atoms with Crippen LogP contribution in [0, 0.1) is 0 Å². The molecule has 3 rings (SSSR count). The number of hydrogen-bond donors (Lipinski definition) is 1. The lowest BCUT2D eigenvalue weighted by Crippen LogP contribution is -2.27. The molecule has 0 saturated carbocycles. The van der Waals surface area contributed by atoms with Gasteiger partial charge < -0.3 is 5.11 Å². The Morgan fingerprint density at radius 2 is 1.87 bits per heavy atom. The van der Waals surface area contributed by atoms with Crippen molar-refractivity contribution in [1.82, 2.24) is 0 Å². The lowest BCUT2D eigenvalue weighted by atomic mass is 10.2. The summed E-state index contributed by atoms with van der Waals surface area (Å²) in [6, 6.07) is 15.7. The quantitative estimate of drug-likeness (QED) is 0.680. The number of carboxylic acids is 1. The predicted octanol–water partition coefficient (Wildman–Crippen LogP) is 3.79. The number of carbonyl (C=O) groups excluding carboxylic acids is 1. The summed E-state index contributed by atoms with van der Waals surface area (Å²) >= 11 is 6.49. The SMILES string of the molecule is O=C(O)c1cccc(N2C(=O)/C(=C/c3ccccc3)SC2=S)c1. The molecule has 23 heavy (non-hydrogen) atoms. The first-order valence-corrected chi connectivity index (χ1v) is 7.95. The van der Waals surface area contributed by atoms with Crippen LogP contribution in [0.15, 0.2) is 59.5 Å². The zero-order valence-electron chi connectivity index (χ0n) is 11.8. The van der Waals surface area contributed by atoms with E-state index in [1.54, 1.807) is 18.2 Å². The molecule has 1 amide bonds. The second kappa shape index (κ2) is 6.36. The number of anilines is 1. The molecule has 0 aromatic heterocycles. The predicted molar refractivity (Wildman–Crippen MR) is 95.5 cm³/mol. The molecule has 4 nitrogen and oxygen atoms in total. The fourth-order valence-corrected chi connectivity index (χ4v) is 3.47. The molecule has 1 heterocycles. The third-order valence-electron chi connectivity index (χ3n) is 3.24. The maximum atomic E-state index is 12.6. The van der Waals surface area contributed by atoms with Crippen molar-refractivity contribution in [1.29, 1.82) is 0 Å². The van der Waals surface area contributed by atoms with Crippen LogP contribution in [0.2, 0.25) is 0 Å². The van der Waals surface area contributed by atoms with E-state index < -0.39 is 5.97 Å². The number of nitrogens with zero attached hydrogens (tertiary/aromatic N) is 1. The number of thioether (sulfide) groups is 1. The highest BCUT2D eigenvalue weighted by atomic mass is 32.2. The average Bonchev–Trinajstić information content (AvgIpc) is 2.82. The Labute approximate surface area is 142 Å². The molecular formula is C17H11NO3S2. The van der Waals surface area contributed by atoms with Crippen molar-refractivity contribution in [2.24, 2.45) is 0 Å². The van der Waals surface area contributed by atoms with Gasteiger partial charge in [0, 0.05) is 0 Å². The minimum atomic E-state index is -1.04. The van der Waals surface area contributed by atoms with Gasteiger partial charge in [-0.05, 0) is 29.8 Å². The van der Waals surface area contributed by atoms with Gasteiger partial charge in [0.25, 0.3) is 5.91 Å². The number of thiocarbonyl (C=S) groups is 1. The fraction of sp³-hybridized carbons (Fsp3) is 0. The molecule has 2 aromatic rings. The highest BCUT2D eigenvalue weighted by molar-refractivity contribution is 8.27. The fourth-order valence-electron chi connectivity index (χ4n) is 2.17. The van der Waals surface area contributed by atoms with E-state index in [4.69, 9.17) is 17.3 Å².